The van der Waals surface area contributed by atoms with E-state index in [1.165, 1.54) is 0 Å². The molecule has 0 aliphatic carbocycles. The molecule has 0 radical (unpaired) electrons. The summed E-state index contributed by atoms with van der Waals surface area (Å²) in [7, 11) is 0. The number of hydrogen-bond donors (Lipinski definition) is 2. The molecule has 0 saturated carbocycles. The van der Waals surface area contributed by atoms with Gasteiger partial charge in [-0.15, -0.1) is 0 Å². The average molecular weight is 202 g/mol. The maximum atomic E-state index is 10.3. The van der Waals surface area contributed by atoms with Crippen LogP contribution in [0.3, 0.4) is 0 Å². The van der Waals surface area contributed by atoms with Gasteiger partial charge in [-0.05, 0) is 6.42 Å². The van der Waals surface area contributed by atoms with Gasteiger partial charge in [0, 0.05) is 39.1 Å². The van der Waals surface area contributed by atoms with Crippen molar-refractivity contribution >= 4 is 0 Å². The summed E-state index contributed by atoms with van der Waals surface area (Å²) < 4.78 is 10.7. The van der Waals surface area contributed by atoms with Crippen molar-refractivity contribution < 1.29 is 19.7 Å². The molecule has 2 heterocycles. The highest BCUT2D eigenvalue weighted by Gasteiger charge is 2.41. The van der Waals surface area contributed by atoms with E-state index in [9.17, 15) is 10.2 Å². The lowest BCUT2D eigenvalue weighted by Gasteiger charge is -2.41. The highest BCUT2D eigenvalue weighted by atomic mass is 16.5. The largest absolute Gasteiger partial charge is 0.393 e. The molecule has 0 bridgehead atoms. The van der Waals surface area contributed by atoms with Crippen LogP contribution in [0, 0.1) is 0 Å². The minimum Gasteiger partial charge on any atom is -0.393 e. The van der Waals surface area contributed by atoms with Crippen LogP contribution in [0.25, 0.3) is 0 Å². The second-order valence-corrected chi connectivity index (χ2v) is 4.25. The first kappa shape index (κ1) is 10.4. The Hall–Kier alpha value is -0.160. The lowest BCUT2D eigenvalue weighted by molar-refractivity contribution is -0.179. The van der Waals surface area contributed by atoms with Gasteiger partial charge < -0.3 is 19.7 Å². The number of ether oxygens (including phenoxy) is 2. The molecule has 0 aromatic rings. The standard InChI is InChI=1S/C10H18O4/c11-8-1-4-14-9(7-8)10(12)2-5-13-6-3-10/h8-9,11-12H,1-7H2. The van der Waals surface area contributed by atoms with Crippen molar-refractivity contribution in [1.29, 1.82) is 0 Å². The topological polar surface area (TPSA) is 58.9 Å². The molecule has 14 heavy (non-hydrogen) atoms. The SMILES string of the molecule is OC1CCOC(C2(O)CCOCC2)C1. The minimum atomic E-state index is -0.778. The molecule has 2 atom stereocenters. The predicted octanol–water partition coefficient (Wildman–Crippen LogP) is 0.0678. The predicted molar refractivity (Wildman–Crippen MR) is 50.0 cm³/mol. The van der Waals surface area contributed by atoms with Crippen molar-refractivity contribution in [2.24, 2.45) is 0 Å². The van der Waals surface area contributed by atoms with Crippen LogP contribution < -0.4 is 0 Å². The summed E-state index contributed by atoms with van der Waals surface area (Å²) in [6.45, 7) is 1.73. The first-order valence-corrected chi connectivity index (χ1v) is 5.30. The van der Waals surface area contributed by atoms with E-state index in [2.05, 4.69) is 0 Å². The summed E-state index contributed by atoms with van der Waals surface area (Å²) in [6.07, 6.45) is 1.93. The van der Waals surface area contributed by atoms with Crippen LogP contribution in [0.2, 0.25) is 0 Å². The highest BCUT2D eigenvalue weighted by Crippen LogP contribution is 2.31. The van der Waals surface area contributed by atoms with E-state index in [4.69, 9.17) is 9.47 Å². The number of hydrogen-bond acceptors (Lipinski definition) is 4. The lowest BCUT2D eigenvalue weighted by Crippen LogP contribution is -2.51. The van der Waals surface area contributed by atoms with Gasteiger partial charge in [0.15, 0.2) is 0 Å². The molecule has 0 aromatic carbocycles. The maximum absolute atomic E-state index is 10.3. The molecule has 0 spiro atoms. The molecule has 2 saturated heterocycles. The van der Waals surface area contributed by atoms with E-state index in [1.54, 1.807) is 0 Å². The van der Waals surface area contributed by atoms with Gasteiger partial charge in [0.1, 0.15) is 0 Å². The first-order chi connectivity index (χ1) is 6.71. The normalized spacial score (nSPS) is 38.1. The quantitative estimate of drug-likeness (QED) is 0.631. The van der Waals surface area contributed by atoms with Gasteiger partial charge in [-0.2, -0.15) is 0 Å². The molecule has 0 aromatic heterocycles. The molecule has 4 heteroatoms. The third-order valence-corrected chi connectivity index (χ3v) is 3.21. The summed E-state index contributed by atoms with van der Waals surface area (Å²) in [5, 5.41) is 19.8. The summed E-state index contributed by atoms with van der Waals surface area (Å²) >= 11 is 0. The van der Waals surface area contributed by atoms with Crippen molar-refractivity contribution in [3.63, 3.8) is 0 Å². The maximum Gasteiger partial charge on any atom is 0.0952 e. The molecule has 4 nitrogen and oxygen atoms in total. The Labute approximate surface area is 83.8 Å². The fourth-order valence-electron chi connectivity index (χ4n) is 2.20. The van der Waals surface area contributed by atoms with Gasteiger partial charge in [-0.1, -0.05) is 0 Å². The second-order valence-electron chi connectivity index (χ2n) is 4.25. The van der Waals surface area contributed by atoms with E-state index in [1.807, 2.05) is 0 Å². The van der Waals surface area contributed by atoms with E-state index in [0.29, 0.717) is 45.5 Å². The van der Waals surface area contributed by atoms with Gasteiger partial charge in [0.2, 0.25) is 0 Å². The van der Waals surface area contributed by atoms with Crippen LogP contribution in [0.1, 0.15) is 25.7 Å². The monoisotopic (exact) mass is 202 g/mol. The van der Waals surface area contributed by atoms with Crippen LogP contribution in [0.15, 0.2) is 0 Å². The first-order valence-electron chi connectivity index (χ1n) is 5.30. The van der Waals surface area contributed by atoms with Crippen LogP contribution >= 0.6 is 0 Å². The molecule has 2 unspecified atom stereocenters. The van der Waals surface area contributed by atoms with Crippen LogP contribution in [-0.2, 0) is 9.47 Å². The molecule has 2 aliphatic heterocycles. The molecule has 2 aliphatic rings. The van der Waals surface area contributed by atoms with Gasteiger partial charge >= 0.3 is 0 Å². The molecule has 2 fully saturated rings. The third-order valence-electron chi connectivity index (χ3n) is 3.21. The van der Waals surface area contributed by atoms with E-state index in [0.717, 1.165) is 0 Å². The molecule has 2 N–H and O–H groups in total. The minimum absolute atomic E-state index is 0.213. The van der Waals surface area contributed by atoms with E-state index < -0.39 is 5.60 Å². The highest BCUT2D eigenvalue weighted by molar-refractivity contribution is 4.92. The summed E-state index contributed by atoms with van der Waals surface area (Å²) in [5.74, 6) is 0. The smallest absolute Gasteiger partial charge is 0.0952 e. The number of rotatable bonds is 1. The molecular weight excluding hydrogens is 184 g/mol. The van der Waals surface area contributed by atoms with Crippen LogP contribution in [-0.4, -0.2) is 47.8 Å². The van der Waals surface area contributed by atoms with Crippen LogP contribution in [0.5, 0.6) is 0 Å². The third kappa shape index (κ3) is 2.08. The fraction of sp³-hybridized carbons (Fsp3) is 1.00. The molecular formula is C10H18O4. The van der Waals surface area contributed by atoms with Crippen molar-refractivity contribution in [3.8, 4) is 0 Å². The molecule has 82 valence electrons. The van der Waals surface area contributed by atoms with Gasteiger partial charge in [0.25, 0.3) is 0 Å². The zero-order valence-corrected chi connectivity index (χ0v) is 8.32. The van der Waals surface area contributed by atoms with Crippen molar-refractivity contribution in [2.45, 2.75) is 43.5 Å². The molecule has 2 rings (SSSR count). The van der Waals surface area contributed by atoms with Gasteiger partial charge in [0.05, 0.1) is 17.8 Å². The van der Waals surface area contributed by atoms with Gasteiger partial charge in [-0.3, -0.25) is 0 Å². The molecule has 0 amide bonds. The lowest BCUT2D eigenvalue weighted by atomic mass is 9.84. The van der Waals surface area contributed by atoms with Crippen molar-refractivity contribution in [3.05, 3.63) is 0 Å². The average Bonchev–Trinajstić information content (AvgIpc) is 2.19. The fourth-order valence-corrected chi connectivity index (χ4v) is 2.20. The van der Waals surface area contributed by atoms with Crippen molar-refractivity contribution in [2.75, 3.05) is 19.8 Å². The Morgan fingerprint density at radius 3 is 2.50 bits per heavy atom. The Morgan fingerprint density at radius 2 is 1.86 bits per heavy atom. The zero-order chi connectivity index (χ0) is 10.0. The Bertz CT molecular complexity index is 189. The summed E-state index contributed by atoms with van der Waals surface area (Å²) in [5.41, 5.74) is -0.778. The van der Waals surface area contributed by atoms with E-state index >= 15 is 0 Å². The number of aliphatic hydroxyl groups is 2. The summed E-state index contributed by atoms with van der Waals surface area (Å²) in [4.78, 5) is 0. The Morgan fingerprint density at radius 1 is 1.14 bits per heavy atom. The Kier molecular flexibility index (Phi) is 3.07. The van der Waals surface area contributed by atoms with Crippen LogP contribution in [0.4, 0.5) is 0 Å². The number of aliphatic hydroxyl groups excluding tert-OH is 1. The summed E-state index contributed by atoms with van der Waals surface area (Å²) in [6, 6.07) is 0. The van der Waals surface area contributed by atoms with Gasteiger partial charge in [-0.25, -0.2) is 0 Å². The second kappa shape index (κ2) is 4.14. The van der Waals surface area contributed by atoms with Crippen molar-refractivity contribution in [1.82, 2.24) is 0 Å². The zero-order valence-electron chi connectivity index (χ0n) is 8.32. The van der Waals surface area contributed by atoms with E-state index in [-0.39, 0.29) is 12.2 Å². The Balaban J connectivity index is 1.97.